The summed E-state index contributed by atoms with van der Waals surface area (Å²) in [4.78, 5) is 16.4. The first-order valence-electron chi connectivity index (χ1n) is 10.9. The topological polar surface area (TPSA) is 82.5 Å². The third kappa shape index (κ3) is 7.55. The van der Waals surface area contributed by atoms with Crippen molar-refractivity contribution in [3.8, 4) is 0 Å². The molecule has 0 spiro atoms. The molecule has 174 valence electrons. The molecule has 3 rings (SSSR count). The highest BCUT2D eigenvalue weighted by Crippen LogP contribution is 2.30. The average Bonchev–Trinajstić information content (AvgIpc) is 2.83. The Morgan fingerprint density at radius 3 is 2.31 bits per heavy atom. The van der Waals surface area contributed by atoms with E-state index in [1.54, 1.807) is 0 Å². The molecule has 0 aliphatic carbocycles. The Bertz CT molecular complexity index is 813. The number of hydrogen-bond acceptors (Lipinski definition) is 7. The van der Waals surface area contributed by atoms with Crippen molar-refractivity contribution < 1.29 is 24.5 Å². The number of carbonyl (C=O) groups is 1. The molecule has 2 aromatic rings. The van der Waals surface area contributed by atoms with E-state index in [1.165, 1.54) is 11.1 Å². The van der Waals surface area contributed by atoms with Gasteiger partial charge in [-0.1, -0.05) is 54.1 Å². The number of rotatable bonds is 11. The Balaban J connectivity index is 1.46. The molecule has 0 radical (unpaired) electrons. The summed E-state index contributed by atoms with van der Waals surface area (Å²) >= 11 is 6.10. The van der Waals surface area contributed by atoms with Gasteiger partial charge in [-0.2, -0.15) is 0 Å². The van der Waals surface area contributed by atoms with Crippen LogP contribution in [0.25, 0.3) is 0 Å². The highest BCUT2D eigenvalue weighted by atomic mass is 35.5. The Morgan fingerprint density at radius 2 is 1.66 bits per heavy atom. The minimum Gasteiger partial charge on any atom is -0.461 e. The second-order valence-electron chi connectivity index (χ2n) is 7.81. The normalized spacial score (nSPS) is 17.1. The van der Waals surface area contributed by atoms with Gasteiger partial charge in [0.2, 0.25) is 0 Å². The molecule has 0 amide bonds. The summed E-state index contributed by atoms with van der Waals surface area (Å²) in [6.07, 6.45) is -1.05. The summed E-state index contributed by atoms with van der Waals surface area (Å²) in [5, 5.41) is 18.6. The van der Waals surface area contributed by atoms with Crippen LogP contribution in [-0.4, -0.2) is 91.2 Å². The lowest BCUT2D eigenvalue weighted by Crippen LogP contribution is -2.48. The average molecular weight is 463 g/mol. The molecule has 1 saturated heterocycles. The van der Waals surface area contributed by atoms with Crippen molar-refractivity contribution in [3.05, 3.63) is 70.7 Å². The largest absolute Gasteiger partial charge is 0.461 e. The van der Waals surface area contributed by atoms with Crippen LogP contribution in [0.15, 0.2) is 54.6 Å². The fraction of sp³-hybridized carbons (Fsp3) is 0.458. The molecular formula is C24H31ClN2O5. The van der Waals surface area contributed by atoms with E-state index in [-0.39, 0.29) is 19.3 Å². The Labute approximate surface area is 194 Å². The van der Waals surface area contributed by atoms with Gasteiger partial charge in [0.1, 0.15) is 19.3 Å². The van der Waals surface area contributed by atoms with Crippen molar-refractivity contribution in [2.75, 3.05) is 59.2 Å². The van der Waals surface area contributed by atoms with Gasteiger partial charge in [-0.05, 0) is 23.3 Å². The van der Waals surface area contributed by atoms with Crippen molar-refractivity contribution in [1.29, 1.82) is 0 Å². The highest BCUT2D eigenvalue weighted by Gasteiger charge is 2.26. The monoisotopic (exact) mass is 462 g/mol. The lowest BCUT2D eigenvalue weighted by Gasteiger charge is -2.39. The Kier molecular flexibility index (Phi) is 9.92. The van der Waals surface area contributed by atoms with Gasteiger partial charge in [0.25, 0.3) is 0 Å². The number of esters is 1. The Hall–Kier alpha value is -2.00. The van der Waals surface area contributed by atoms with Crippen LogP contribution in [0, 0.1) is 0 Å². The van der Waals surface area contributed by atoms with Gasteiger partial charge in [0.05, 0.1) is 19.3 Å². The minimum atomic E-state index is -1.05. The summed E-state index contributed by atoms with van der Waals surface area (Å²) in [6, 6.07) is 18.8. The fourth-order valence-electron chi connectivity index (χ4n) is 3.77. The molecule has 1 aliphatic rings. The summed E-state index contributed by atoms with van der Waals surface area (Å²) < 4.78 is 10.2. The van der Waals surface area contributed by atoms with E-state index < -0.39 is 18.7 Å². The molecule has 2 N–H and O–H groups in total. The molecule has 7 nitrogen and oxygen atoms in total. The first-order valence-corrected chi connectivity index (χ1v) is 11.2. The maximum atomic E-state index is 11.6. The van der Waals surface area contributed by atoms with E-state index in [1.807, 2.05) is 18.2 Å². The maximum Gasteiger partial charge on any atom is 0.332 e. The van der Waals surface area contributed by atoms with E-state index in [0.717, 1.165) is 37.7 Å². The standard InChI is InChI=1S/C24H31ClN2O5/c25-21-8-6-20(7-9-21)24(19-4-2-1-3-5-19)27-12-10-26(11-13-27)14-15-31-18-23(30)32-17-22(29)16-28/h1-9,22,24,28-29H,10-18H2/t22?,24-/m0/s1. The third-order valence-corrected chi connectivity index (χ3v) is 5.74. The van der Waals surface area contributed by atoms with Crippen LogP contribution in [-0.2, 0) is 14.3 Å². The van der Waals surface area contributed by atoms with Gasteiger partial charge in [-0.15, -0.1) is 0 Å². The van der Waals surface area contributed by atoms with Gasteiger partial charge in [0.15, 0.2) is 0 Å². The molecule has 32 heavy (non-hydrogen) atoms. The van der Waals surface area contributed by atoms with Gasteiger partial charge in [0, 0.05) is 37.7 Å². The second kappa shape index (κ2) is 12.9. The van der Waals surface area contributed by atoms with Crippen LogP contribution in [0.3, 0.4) is 0 Å². The molecule has 0 bridgehead atoms. The van der Waals surface area contributed by atoms with Crippen LogP contribution >= 0.6 is 11.6 Å². The Morgan fingerprint density at radius 1 is 1.00 bits per heavy atom. The zero-order chi connectivity index (χ0) is 22.8. The lowest BCUT2D eigenvalue weighted by molar-refractivity contribution is -0.152. The van der Waals surface area contributed by atoms with Gasteiger partial charge in [-0.25, -0.2) is 4.79 Å². The number of piperazine rings is 1. The van der Waals surface area contributed by atoms with Crippen molar-refractivity contribution >= 4 is 17.6 Å². The van der Waals surface area contributed by atoms with Gasteiger partial charge >= 0.3 is 5.97 Å². The molecular weight excluding hydrogens is 432 g/mol. The highest BCUT2D eigenvalue weighted by molar-refractivity contribution is 6.30. The van der Waals surface area contributed by atoms with Crippen LogP contribution in [0.2, 0.25) is 5.02 Å². The summed E-state index contributed by atoms with van der Waals surface area (Å²) in [7, 11) is 0. The summed E-state index contributed by atoms with van der Waals surface area (Å²) in [5.74, 6) is -0.545. The molecule has 0 aromatic heterocycles. The van der Waals surface area contributed by atoms with Crippen LogP contribution in [0.5, 0.6) is 0 Å². The maximum absolute atomic E-state index is 11.6. The third-order valence-electron chi connectivity index (χ3n) is 5.49. The first kappa shape index (κ1) is 24.6. The van der Waals surface area contributed by atoms with Crippen molar-refractivity contribution in [1.82, 2.24) is 9.80 Å². The zero-order valence-electron chi connectivity index (χ0n) is 18.1. The van der Waals surface area contributed by atoms with E-state index >= 15 is 0 Å². The molecule has 8 heteroatoms. The predicted octanol–water partition coefficient (Wildman–Crippen LogP) is 1.96. The minimum absolute atomic E-state index is 0.162. The first-order chi connectivity index (χ1) is 15.6. The zero-order valence-corrected chi connectivity index (χ0v) is 18.9. The second-order valence-corrected chi connectivity index (χ2v) is 8.25. The van der Waals surface area contributed by atoms with E-state index in [0.29, 0.717) is 6.61 Å². The van der Waals surface area contributed by atoms with Crippen LogP contribution < -0.4 is 0 Å². The van der Waals surface area contributed by atoms with Crippen LogP contribution in [0.1, 0.15) is 17.2 Å². The lowest BCUT2D eigenvalue weighted by atomic mass is 9.96. The fourth-order valence-corrected chi connectivity index (χ4v) is 3.90. The number of hydrogen-bond donors (Lipinski definition) is 2. The molecule has 2 aromatic carbocycles. The van der Waals surface area contributed by atoms with E-state index in [2.05, 4.69) is 46.2 Å². The van der Waals surface area contributed by atoms with Crippen molar-refractivity contribution in [2.24, 2.45) is 0 Å². The molecule has 1 aliphatic heterocycles. The number of halogens is 1. The van der Waals surface area contributed by atoms with Gasteiger partial charge < -0.3 is 19.7 Å². The van der Waals surface area contributed by atoms with Crippen molar-refractivity contribution in [3.63, 3.8) is 0 Å². The molecule has 1 fully saturated rings. The number of aliphatic hydroxyl groups excluding tert-OH is 2. The molecule has 1 heterocycles. The van der Waals surface area contributed by atoms with Crippen molar-refractivity contribution in [2.45, 2.75) is 12.1 Å². The number of carbonyl (C=O) groups excluding carboxylic acids is 1. The number of aliphatic hydroxyl groups is 2. The number of benzene rings is 2. The van der Waals surface area contributed by atoms with Gasteiger partial charge in [-0.3, -0.25) is 9.80 Å². The van der Waals surface area contributed by atoms with E-state index in [9.17, 15) is 9.90 Å². The number of nitrogens with zero attached hydrogens (tertiary/aromatic N) is 2. The summed E-state index contributed by atoms with van der Waals surface area (Å²) in [6.45, 7) is 3.99. The number of ether oxygens (including phenoxy) is 2. The van der Waals surface area contributed by atoms with E-state index in [4.69, 9.17) is 26.2 Å². The van der Waals surface area contributed by atoms with Crippen LogP contribution in [0.4, 0.5) is 0 Å². The predicted molar refractivity (Wildman–Crippen MR) is 123 cm³/mol. The molecule has 2 atom stereocenters. The SMILES string of the molecule is O=C(COCCN1CCN([C@@H](c2ccccc2)c2ccc(Cl)cc2)CC1)OCC(O)CO. The molecule has 1 unspecified atom stereocenters. The molecule has 0 saturated carbocycles. The summed E-state index contributed by atoms with van der Waals surface area (Å²) in [5.41, 5.74) is 2.48. The quantitative estimate of drug-likeness (QED) is 0.390. The smallest absolute Gasteiger partial charge is 0.332 e.